The minimum atomic E-state index is -2.12. The van der Waals surface area contributed by atoms with Gasteiger partial charge in [0.15, 0.2) is 0 Å². The van der Waals surface area contributed by atoms with Crippen molar-refractivity contribution in [3.05, 3.63) is 0 Å². The van der Waals surface area contributed by atoms with E-state index in [9.17, 15) is 0 Å². The van der Waals surface area contributed by atoms with Crippen molar-refractivity contribution in [1.29, 1.82) is 0 Å². The van der Waals surface area contributed by atoms with Crippen molar-refractivity contribution in [2.24, 2.45) is 0 Å². The summed E-state index contributed by atoms with van der Waals surface area (Å²) in [6.45, 7) is 11.7. The predicted octanol–water partition coefficient (Wildman–Crippen LogP) is 2.54. The smallest absolute Gasteiger partial charge is 0.383 e. The Labute approximate surface area is 119 Å². The lowest BCUT2D eigenvalue weighted by atomic mass is 10.1. The number of rotatable bonds is 6. The summed E-state index contributed by atoms with van der Waals surface area (Å²) in [7, 11) is -2.12. The molecule has 0 aliphatic carbocycles. The van der Waals surface area contributed by atoms with E-state index in [-0.39, 0.29) is 0 Å². The highest BCUT2D eigenvalue weighted by molar-refractivity contribution is 6.65. The zero-order chi connectivity index (χ0) is 13.7. The molecule has 2 heterocycles. The Hall–Kier alpha value is 0.0569. The van der Waals surface area contributed by atoms with Crippen LogP contribution >= 0.6 is 0 Å². The first-order chi connectivity index (χ1) is 9.23. The van der Waals surface area contributed by atoms with Crippen LogP contribution in [-0.2, 0) is 8.85 Å². The van der Waals surface area contributed by atoms with Crippen LogP contribution in [0.1, 0.15) is 46.5 Å². The van der Waals surface area contributed by atoms with Crippen LogP contribution < -0.4 is 0 Å². The summed E-state index contributed by atoms with van der Waals surface area (Å²) in [5.74, 6) is 0. The molecule has 2 rings (SSSR count). The lowest BCUT2D eigenvalue weighted by Gasteiger charge is -2.43. The molecule has 0 radical (unpaired) electrons. The summed E-state index contributed by atoms with van der Waals surface area (Å²) in [5, 5.41) is 0. The predicted molar refractivity (Wildman–Crippen MR) is 80.0 cm³/mol. The van der Waals surface area contributed by atoms with Crippen LogP contribution in [0.5, 0.6) is 0 Å². The molecule has 0 aromatic rings. The molecule has 2 saturated heterocycles. The van der Waals surface area contributed by atoms with Crippen LogP contribution in [-0.4, -0.2) is 57.2 Å². The number of hydrogen-bond acceptors (Lipinski definition) is 4. The minimum absolute atomic E-state index is 0.479. The molecule has 0 aromatic heterocycles. The molecule has 2 aliphatic rings. The van der Waals surface area contributed by atoms with Crippen molar-refractivity contribution >= 4 is 8.72 Å². The third kappa shape index (κ3) is 3.39. The standard InChI is InChI=1S/C14H30N2O2Si/c1-4-17-19(18-5-2)13-9-12-16(19)14(3)15-10-7-6-8-11-15/h14H,4-13H2,1-3H3. The molecular formula is C14H30N2O2Si. The molecular weight excluding hydrogens is 256 g/mol. The molecule has 2 aliphatic heterocycles. The maximum Gasteiger partial charge on any atom is 0.429 e. The van der Waals surface area contributed by atoms with Gasteiger partial charge in [0.1, 0.15) is 0 Å². The van der Waals surface area contributed by atoms with Gasteiger partial charge >= 0.3 is 8.72 Å². The highest BCUT2D eigenvalue weighted by Gasteiger charge is 2.51. The first kappa shape index (κ1) is 15.4. The first-order valence-electron chi connectivity index (χ1n) is 8.02. The van der Waals surface area contributed by atoms with Crippen LogP contribution in [0, 0.1) is 0 Å². The maximum absolute atomic E-state index is 6.17. The zero-order valence-electron chi connectivity index (χ0n) is 12.9. The van der Waals surface area contributed by atoms with Gasteiger partial charge in [-0.05, 0) is 59.7 Å². The van der Waals surface area contributed by atoms with Crippen LogP contribution in [0.3, 0.4) is 0 Å². The maximum atomic E-state index is 6.17. The first-order valence-corrected chi connectivity index (χ1v) is 9.99. The monoisotopic (exact) mass is 286 g/mol. The Morgan fingerprint density at radius 1 is 0.947 bits per heavy atom. The molecule has 5 heteroatoms. The summed E-state index contributed by atoms with van der Waals surface area (Å²) in [5.41, 5.74) is 0. The van der Waals surface area contributed by atoms with Gasteiger partial charge < -0.3 is 8.85 Å². The summed E-state index contributed by atoms with van der Waals surface area (Å²) in [6.07, 6.45) is 5.78. The highest BCUT2D eigenvalue weighted by Crippen LogP contribution is 2.32. The molecule has 0 spiro atoms. The fourth-order valence-electron chi connectivity index (χ4n) is 3.55. The fraction of sp³-hybridized carbons (Fsp3) is 1.00. The zero-order valence-corrected chi connectivity index (χ0v) is 13.9. The van der Waals surface area contributed by atoms with E-state index in [0.717, 1.165) is 25.8 Å². The van der Waals surface area contributed by atoms with Crippen LogP contribution in [0.25, 0.3) is 0 Å². The Morgan fingerprint density at radius 2 is 1.58 bits per heavy atom. The van der Waals surface area contributed by atoms with E-state index in [1.54, 1.807) is 0 Å². The third-order valence-electron chi connectivity index (χ3n) is 4.44. The molecule has 1 atom stereocenters. The SMILES string of the molecule is CCO[Si]1(OCC)CCCN1C(C)N1CCCCC1. The van der Waals surface area contributed by atoms with Crippen LogP contribution in [0.2, 0.25) is 6.04 Å². The quantitative estimate of drug-likeness (QED) is 0.701. The molecule has 0 aromatic carbocycles. The average Bonchev–Trinajstić information content (AvgIpc) is 2.83. The minimum Gasteiger partial charge on any atom is -0.383 e. The highest BCUT2D eigenvalue weighted by atomic mass is 28.4. The van der Waals surface area contributed by atoms with Gasteiger partial charge in [0.25, 0.3) is 0 Å². The molecule has 0 amide bonds. The molecule has 19 heavy (non-hydrogen) atoms. The van der Waals surface area contributed by atoms with E-state index in [2.05, 4.69) is 30.2 Å². The number of nitrogens with zero attached hydrogens (tertiary/aromatic N) is 2. The lowest BCUT2D eigenvalue weighted by Crippen LogP contribution is -2.62. The van der Waals surface area contributed by atoms with E-state index >= 15 is 0 Å². The summed E-state index contributed by atoms with van der Waals surface area (Å²) < 4.78 is 14.9. The third-order valence-corrected chi connectivity index (χ3v) is 8.38. The van der Waals surface area contributed by atoms with Crippen LogP contribution in [0.4, 0.5) is 0 Å². The Morgan fingerprint density at radius 3 is 2.16 bits per heavy atom. The van der Waals surface area contributed by atoms with Crippen molar-refractivity contribution in [3.8, 4) is 0 Å². The van der Waals surface area contributed by atoms with Gasteiger partial charge in [0, 0.05) is 19.3 Å². The van der Waals surface area contributed by atoms with Crippen molar-refractivity contribution in [2.45, 2.75) is 58.7 Å². The van der Waals surface area contributed by atoms with Crippen molar-refractivity contribution in [1.82, 2.24) is 9.47 Å². The second-order valence-corrected chi connectivity index (χ2v) is 8.68. The van der Waals surface area contributed by atoms with E-state index in [4.69, 9.17) is 8.85 Å². The Balaban J connectivity index is 2.06. The van der Waals surface area contributed by atoms with Gasteiger partial charge in [-0.3, -0.25) is 9.47 Å². The molecule has 112 valence electrons. The molecule has 0 N–H and O–H groups in total. The van der Waals surface area contributed by atoms with Crippen molar-refractivity contribution in [2.75, 3.05) is 32.8 Å². The molecule has 1 unspecified atom stereocenters. The Kier molecular flexibility index (Phi) is 5.83. The largest absolute Gasteiger partial charge is 0.429 e. The van der Waals surface area contributed by atoms with E-state index < -0.39 is 8.72 Å². The van der Waals surface area contributed by atoms with Gasteiger partial charge in [-0.2, -0.15) is 0 Å². The Bertz CT molecular complexity index is 266. The van der Waals surface area contributed by atoms with Crippen molar-refractivity contribution < 1.29 is 8.85 Å². The number of likely N-dealkylation sites (tertiary alicyclic amines) is 1. The molecule has 0 bridgehead atoms. The van der Waals surface area contributed by atoms with E-state index in [1.807, 2.05) is 0 Å². The second kappa shape index (κ2) is 7.18. The van der Waals surface area contributed by atoms with Gasteiger partial charge in [0.05, 0.1) is 6.17 Å². The summed E-state index contributed by atoms with van der Waals surface area (Å²) in [4.78, 5) is 2.62. The number of hydrogen-bond donors (Lipinski definition) is 0. The molecule has 2 fully saturated rings. The van der Waals surface area contributed by atoms with E-state index in [1.165, 1.54) is 38.8 Å². The van der Waals surface area contributed by atoms with Gasteiger partial charge in [-0.25, -0.2) is 0 Å². The average molecular weight is 286 g/mol. The van der Waals surface area contributed by atoms with Gasteiger partial charge in [0.2, 0.25) is 0 Å². The molecule has 0 saturated carbocycles. The van der Waals surface area contributed by atoms with Crippen molar-refractivity contribution in [3.63, 3.8) is 0 Å². The summed E-state index contributed by atoms with van der Waals surface area (Å²) >= 11 is 0. The molecule has 4 nitrogen and oxygen atoms in total. The normalized spacial score (nSPS) is 26.7. The van der Waals surface area contributed by atoms with Gasteiger partial charge in [-0.1, -0.05) is 6.42 Å². The van der Waals surface area contributed by atoms with E-state index in [0.29, 0.717) is 6.17 Å². The number of piperidine rings is 1. The fourth-order valence-corrected chi connectivity index (χ4v) is 7.28. The second-order valence-electron chi connectivity index (χ2n) is 5.60. The lowest BCUT2D eigenvalue weighted by molar-refractivity contribution is 0.0455. The van der Waals surface area contributed by atoms with Gasteiger partial charge in [-0.15, -0.1) is 0 Å². The summed E-state index contributed by atoms with van der Waals surface area (Å²) in [6, 6.07) is 1.13. The van der Waals surface area contributed by atoms with Crippen LogP contribution in [0.15, 0.2) is 0 Å². The topological polar surface area (TPSA) is 24.9 Å².